The Labute approximate surface area is 208 Å². The molecule has 0 aliphatic heterocycles. The minimum Gasteiger partial charge on any atom is -0.497 e. The van der Waals surface area contributed by atoms with Crippen molar-refractivity contribution in [3.8, 4) is 5.75 Å². The van der Waals surface area contributed by atoms with Gasteiger partial charge in [0.2, 0.25) is 5.91 Å². The number of amides is 3. The zero-order valence-electron chi connectivity index (χ0n) is 21.7. The van der Waals surface area contributed by atoms with Gasteiger partial charge in [-0.25, -0.2) is 4.79 Å². The molecule has 8 heteroatoms. The van der Waals surface area contributed by atoms with Crippen molar-refractivity contribution in [1.82, 2.24) is 10.2 Å². The predicted octanol–water partition coefficient (Wildman–Crippen LogP) is 4.76. The Kier molecular flexibility index (Phi) is 9.68. The smallest absolute Gasteiger partial charge is 0.408 e. The molecule has 0 aliphatic rings. The molecule has 8 nitrogen and oxygen atoms in total. The molecule has 190 valence electrons. The van der Waals surface area contributed by atoms with Crippen LogP contribution in [0.5, 0.6) is 5.75 Å². The van der Waals surface area contributed by atoms with Crippen molar-refractivity contribution in [2.75, 3.05) is 25.5 Å². The van der Waals surface area contributed by atoms with E-state index in [0.717, 1.165) is 16.7 Å². The molecule has 0 bridgehead atoms. The Bertz CT molecular complexity index is 1030. The number of alkyl carbamates (subject to hydrolysis) is 1. The number of benzene rings is 2. The number of rotatable bonds is 9. The van der Waals surface area contributed by atoms with E-state index in [2.05, 4.69) is 10.6 Å². The lowest BCUT2D eigenvalue weighted by atomic mass is 9.96. The molecule has 0 aliphatic carbocycles. The largest absolute Gasteiger partial charge is 0.497 e. The maximum absolute atomic E-state index is 13.6. The molecule has 2 aromatic rings. The van der Waals surface area contributed by atoms with Crippen molar-refractivity contribution in [1.29, 1.82) is 0 Å². The van der Waals surface area contributed by atoms with Crippen molar-refractivity contribution < 1.29 is 23.9 Å². The number of aryl methyl sites for hydroxylation is 2. The highest BCUT2D eigenvalue weighted by molar-refractivity contribution is 5.98. The van der Waals surface area contributed by atoms with Crippen LogP contribution in [0.2, 0.25) is 0 Å². The molecular formula is C27H37N3O5. The summed E-state index contributed by atoms with van der Waals surface area (Å²) in [6.45, 7) is 11.1. The average molecular weight is 484 g/mol. The van der Waals surface area contributed by atoms with Gasteiger partial charge in [-0.05, 0) is 76.4 Å². The molecular weight excluding hydrogens is 446 g/mol. The van der Waals surface area contributed by atoms with Crippen molar-refractivity contribution in [2.45, 2.75) is 59.6 Å². The third-order valence-electron chi connectivity index (χ3n) is 5.21. The maximum atomic E-state index is 13.6. The van der Waals surface area contributed by atoms with Gasteiger partial charge >= 0.3 is 6.09 Å². The van der Waals surface area contributed by atoms with Gasteiger partial charge in [0.15, 0.2) is 0 Å². The standard InChI is InChI=1S/C27H37N3O5/c1-8-15-30(23(31)17-28-26(33)35-27(4,5)6)24(22-14-9-18(2)16-19(22)3)25(32)29-20-10-12-21(34-7)13-11-20/h9-14,16,24H,8,15,17H2,1-7H3,(H,28,33)(H,29,32). The van der Waals surface area contributed by atoms with E-state index in [1.807, 2.05) is 39.0 Å². The lowest BCUT2D eigenvalue weighted by Gasteiger charge is -2.32. The molecule has 0 saturated carbocycles. The van der Waals surface area contributed by atoms with Crippen molar-refractivity contribution in [2.24, 2.45) is 0 Å². The first-order chi connectivity index (χ1) is 16.4. The lowest BCUT2D eigenvalue weighted by Crippen LogP contribution is -2.47. The highest BCUT2D eigenvalue weighted by Gasteiger charge is 2.32. The van der Waals surface area contributed by atoms with Gasteiger partial charge in [-0.3, -0.25) is 9.59 Å². The molecule has 0 heterocycles. The van der Waals surface area contributed by atoms with E-state index in [1.165, 1.54) is 4.90 Å². The van der Waals surface area contributed by atoms with E-state index in [-0.39, 0.29) is 18.4 Å². The number of nitrogens with one attached hydrogen (secondary N) is 2. The first-order valence-electron chi connectivity index (χ1n) is 11.7. The van der Waals surface area contributed by atoms with Crippen LogP contribution in [0.4, 0.5) is 10.5 Å². The van der Waals surface area contributed by atoms with Crippen molar-refractivity contribution in [3.05, 3.63) is 59.2 Å². The Balaban J connectivity index is 2.36. The van der Waals surface area contributed by atoms with Crippen LogP contribution in [0.1, 0.15) is 56.8 Å². The molecule has 3 amide bonds. The Morgan fingerprint density at radius 2 is 1.69 bits per heavy atom. The fourth-order valence-electron chi connectivity index (χ4n) is 3.67. The third kappa shape index (κ3) is 8.31. The van der Waals surface area contributed by atoms with E-state index < -0.39 is 17.7 Å². The number of nitrogens with zero attached hydrogens (tertiary/aromatic N) is 1. The van der Waals surface area contributed by atoms with Crippen LogP contribution in [0, 0.1) is 13.8 Å². The summed E-state index contributed by atoms with van der Waals surface area (Å²) >= 11 is 0. The molecule has 0 saturated heterocycles. The van der Waals surface area contributed by atoms with Gasteiger partial charge in [0, 0.05) is 12.2 Å². The Morgan fingerprint density at radius 3 is 2.23 bits per heavy atom. The first kappa shape index (κ1) is 27.7. The second kappa shape index (κ2) is 12.2. The number of hydrogen-bond acceptors (Lipinski definition) is 5. The summed E-state index contributed by atoms with van der Waals surface area (Å²) in [5, 5.41) is 5.43. The van der Waals surface area contributed by atoms with Crippen LogP contribution in [0.25, 0.3) is 0 Å². The predicted molar refractivity (Wildman–Crippen MR) is 137 cm³/mol. The fraction of sp³-hybridized carbons (Fsp3) is 0.444. The highest BCUT2D eigenvalue weighted by Crippen LogP contribution is 2.28. The van der Waals surface area contributed by atoms with Crippen LogP contribution in [-0.4, -0.2) is 48.6 Å². The van der Waals surface area contributed by atoms with Crippen molar-refractivity contribution in [3.63, 3.8) is 0 Å². The van der Waals surface area contributed by atoms with Gasteiger partial charge in [0.1, 0.15) is 23.9 Å². The Hall–Kier alpha value is -3.55. The van der Waals surface area contributed by atoms with Crippen LogP contribution < -0.4 is 15.4 Å². The van der Waals surface area contributed by atoms with E-state index in [9.17, 15) is 14.4 Å². The van der Waals surface area contributed by atoms with Gasteiger partial charge in [-0.2, -0.15) is 0 Å². The molecule has 0 spiro atoms. The highest BCUT2D eigenvalue weighted by atomic mass is 16.6. The summed E-state index contributed by atoms with van der Waals surface area (Å²) < 4.78 is 10.4. The molecule has 2 N–H and O–H groups in total. The minimum atomic E-state index is -0.884. The number of anilines is 1. The summed E-state index contributed by atoms with van der Waals surface area (Å²) in [5.74, 6) is -0.0568. The van der Waals surface area contributed by atoms with E-state index in [0.29, 0.717) is 24.4 Å². The lowest BCUT2D eigenvalue weighted by molar-refractivity contribution is -0.138. The molecule has 2 aromatic carbocycles. The zero-order chi connectivity index (χ0) is 26.2. The van der Waals surface area contributed by atoms with Gasteiger partial charge in [-0.1, -0.05) is 30.7 Å². The molecule has 1 unspecified atom stereocenters. The summed E-state index contributed by atoms with van der Waals surface area (Å²) in [5.41, 5.74) is 2.58. The fourth-order valence-corrected chi connectivity index (χ4v) is 3.67. The zero-order valence-corrected chi connectivity index (χ0v) is 21.7. The van der Waals surface area contributed by atoms with Crippen molar-refractivity contribution >= 4 is 23.6 Å². The maximum Gasteiger partial charge on any atom is 0.408 e. The molecule has 2 rings (SSSR count). The topological polar surface area (TPSA) is 97.0 Å². The van der Waals surface area contributed by atoms with E-state index in [4.69, 9.17) is 9.47 Å². The second-order valence-corrected chi connectivity index (χ2v) is 9.42. The van der Waals surface area contributed by atoms with E-state index in [1.54, 1.807) is 52.1 Å². The summed E-state index contributed by atoms with van der Waals surface area (Å²) in [4.78, 5) is 40.5. The summed E-state index contributed by atoms with van der Waals surface area (Å²) in [7, 11) is 1.57. The normalized spacial score (nSPS) is 11.9. The summed E-state index contributed by atoms with van der Waals surface area (Å²) in [6, 6.07) is 11.9. The number of carbonyl (C=O) groups is 3. The van der Waals surface area contributed by atoms with Crippen LogP contribution >= 0.6 is 0 Å². The van der Waals surface area contributed by atoms with Crippen LogP contribution in [0.3, 0.4) is 0 Å². The van der Waals surface area contributed by atoms with Gasteiger partial charge in [0.25, 0.3) is 5.91 Å². The molecule has 0 aromatic heterocycles. The molecule has 1 atom stereocenters. The van der Waals surface area contributed by atoms with Gasteiger partial charge in [-0.15, -0.1) is 0 Å². The number of ether oxygens (including phenoxy) is 2. The number of carbonyl (C=O) groups excluding carboxylic acids is 3. The number of methoxy groups -OCH3 is 1. The average Bonchev–Trinajstić information content (AvgIpc) is 2.77. The number of hydrogen-bond donors (Lipinski definition) is 2. The van der Waals surface area contributed by atoms with Crippen LogP contribution in [-0.2, 0) is 14.3 Å². The van der Waals surface area contributed by atoms with Gasteiger partial charge in [0.05, 0.1) is 7.11 Å². The molecule has 0 radical (unpaired) electrons. The van der Waals surface area contributed by atoms with Crippen LogP contribution in [0.15, 0.2) is 42.5 Å². The molecule has 35 heavy (non-hydrogen) atoms. The second-order valence-electron chi connectivity index (χ2n) is 9.42. The third-order valence-corrected chi connectivity index (χ3v) is 5.21. The summed E-state index contributed by atoms with van der Waals surface area (Å²) in [6.07, 6.45) is -0.0527. The minimum absolute atomic E-state index is 0.286. The van der Waals surface area contributed by atoms with Gasteiger partial charge < -0.3 is 25.0 Å². The SMILES string of the molecule is CCCN(C(=O)CNC(=O)OC(C)(C)C)C(C(=O)Nc1ccc(OC)cc1)c1ccc(C)cc1C. The molecule has 0 fully saturated rings. The Morgan fingerprint density at radius 1 is 1.03 bits per heavy atom. The quantitative estimate of drug-likeness (QED) is 0.536. The first-order valence-corrected chi connectivity index (χ1v) is 11.7. The monoisotopic (exact) mass is 483 g/mol. The van der Waals surface area contributed by atoms with E-state index >= 15 is 0 Å².